The van der Waals surface area contributed by atoms with Crippen LogP contribution in [0.15, 0.2) is 53.2 Å². The third kappa shape index (κ3) is 3.88. The molecule has 0 spiro atoms. The maximum absolute atomic E-state index is 12.3. The van der Waals surface area contributed by atoms with Crippen molar-refractivity contribution in [3.05, 3.63) is 65.8 Å². The molecule has 2 aromatic heterocycles. The van der Waals surface area contributed by atoms with Crippen LogP contribution in [0.5, 0.6) is 0 Å². The Kier molecular flexibility index (Phi) is 5.10. The highest BCUT2D eigenvalue weighted by atomic mass is 16.4. The summed E-state index contributed by atoms with van der Waals surface area (Å²) in [4.78, 5) is 41.7. The van der Waals surface area contributed by atoms with Gasteiger partial charge in [-0.25, -0.2) is 0 Å². The minimum absolute atomic E-state index is 0.0240. The summed E-state index contributed by atoms with van der Waals surface area (Å²) in [6.07, 6.45) is 3.67. The van der Waals surface area contributed by atoms with Gasteiger partial charge in [0.05, 0.1) is 16.7 Å². The van der Waals surface area contributed by atoms with Gasteiger partial charge in [0.15, 0.2) is 0 Å². The van der Waals surface area contributed by atoms with Crippen LogP contribution < -0.4 is 5.32 Å². The Labute approximate surface area is 165 Å². The zero-order chi connectivity index (χ0) is 20.2. The van der Waals surface area contributed by atoms with Crippen molar-refractivity contribution in [2.24, 2.45) is 0 Å². The number of nitrogens with one attached hydrogen (secondary N) is 1. The summed E-state index contributed by atoms with van der Waals surface area (Å²) in [5.41, 5.74) is 1.47. The fraction of sp³-hybridized carbons (Fsp3) is 0.200. The molecule has 0 saturated heterocycles. The van der Waals surface area contributed by atoms with E-state index in [-0.39, 0.29) is 30.7 Å². The molecular formula is C20H17N5O4. The number of benzene rings is 1. The summed E-state index contributed by atoms with van der Waals surface area (Å²) in [7, 11) is 0. The molecule has 9 heteroatoms. The number of imide groups is 1. The molecule has 0 atom stereocenters. The van der Waals surface area contributed by atoms with Crippen LogP contribution in [-0.4, -0.2) is 50.9 Å². The summed E-state index contributed by atoms with van der Waals surface area (Å²) in [5.74, 6) is -0.248. The standard InChI is InChI=1S/C20H17N5O4/c26-16(8-11-25-19(27)14-5-1-2-6-15(14)20(25)28)22-10-7-17-23-24-18(29-17)13-4-3-9-21-12-13/h1-6,9,12H,7-8,10-11H2,(H,22,26). The average Bonchev–Trinajstić information content (AvgIpc) is 3.31. The van der Waals surface area contributed by atoms with Gasteiger partial charge in [-0.3, -0.25) is 24.3 Å². The number of carbonyl (C=O) groups excluding carboxylic acids is 3. The van der Waals surface area contributed by atoms with Crippen molar-refractivity contribution in [2.45, 2.75) is 12.8 Å². The molecule has 1 N–H and O–H groups in total. The molecule has 0 fully saturated rings. The highest BCUT2D eigenvalue weighted by molar-refractivity contribution is 6.21. The van der Waals surface area contributed by atoms with Crippen molar-refractivity contribution in [3.8, 4) is 11.5 Å². The molecule has 1 aliphatic heterocycles. The predicted molar refractivity (Wildman–Crippen MR) is 101 cm³/mol. The van der Waals surface area contributed by atoms with Gasteiger partial charge in [-0.15, -0.1) is 10.2 Å². The number of pyridine rings is 1. The van der Waals surface area contributed by atoms with E-state index in [0.29, 0.717) is 35.9 Å². The maximum atomic E-state index is 12.3. The quantitative estimate of drug-likeness (QED) is 0.606. The van der Waals surface area contributed by atoms with Crippen molar-refractivity contribution in [3.63, 3.8) is 0 Å². The molecule has 3 amide bonds. The van der Waals surface area contributed by atoms with E-state index in [9.17, 15) is 14.4 Å². The van der Waals surface area contributed by atoms with Gasteiger partial charge < -0.3 is 9.73 Å². The van der Waals surface area contributed by atoms with Crippen LogP contribution in [0.3, 0.4) is 0 Å². The minimum Gasteiger partial charge on any atom is -0.421 e. The predicted octanol–water partition coefficient (Wildman–Crippen LogP) is 1.48. The largest absolute Gasteiger partial charge is 0.421 e. The lowest BCUT2D eigenvalue weighted by molar-refractivity contribution is -0.121. The number of nitrogens with zero attached hydrogens (tertiary/aromatic N) is 4. The lowest BCUT2D eigenvalue weighted by Gasteiger charge is -2.13. The Bertz CT molecular complexity index is 1030. The van der Waals surface area contributed by atoms with Crippen molar-refractivity contribution in [1.82, 2.24) is 25.4 Å². The van der Waals surface area contributed by atoms with Gasteiger partial charge in [0.1, 0.15) is 0 Å². The molecule has 0 aliphatic carbocycles. The molecule has 3 heterocycles. The van der Waals surface area contributed by atoms with Gasteiger partial charge >= 0.3 is 0 Å². The number of hydrogen-bond acceptors (Lipinski definition) is 7. The SMILES string of the molecule is O=C(CCN1C(=O)c2ccccc2C1=O)NCCc1nnc(-c2cccnc2)o1. The summed E-state index contributed by atoms with van der Waals surface area (Å²) < 4.78 is 5.55. The monoisotopic (exact) mass is 391 g/mol. The second-order valence-electron chi connectivity index (χ2n) is 6.40. The minimum atomic E-state index is -0.368. The van der Waals surface area contributed by atoms with E-state index in [0.717, 1.165) is 10.5 Å². The molecule has 0 radical (unpaired) electrons. The molecule has 0 bridgehead atoms. The van der Waals surface area contributed by atoms with E-state index in [2.05, 4.69) is 20.5 Å². The molecular weight excluding hydrogens is 374 g/mol. The maximum Gasteiger partial charge on any atom is 0.261 e. The Balaban J connectivity index is 1.24. The molecule has 0 saturated carbocycles. The van der Waals surface area contributed by atoms with Crippen LogP contribution in [-0.2, 0) is 11.2 Å². The van der Waals surface area contributed by atoms with Crippen molar-refractivity contribution < 1.29 is 18.8 Å². The van der Waals surface area contributed by atoms with Crippen LogP contribution in [0.25, 0.3) is 11.5 Å². The van der Waals surface area contributed by atoms with E-state index in [1.165, 1.54) is 0 Å². The summed E-state index contributed by atoms with van der Waals surface area (Å²) in [5, 5.41) is 10.6. The van der Waals surface area contributed by atoms with Crippen LogP contribution in [0.1, 0.15) is 33.0 Å². The second kappa shape index (κ2) is 8.01. The smallest absolute Gasteiger partial charge is 0.261 e. The summed E-state index contributed by atoms with van der Waals surface area (Å²) >= 11 is 0. The van der Waals surface area contributed by atoms with Gasteiger partial charge in [-0.1, -0.05) is 12.1 Å². The molecule has 29 heavy (non-hydrogen) atoms. The Morgan fingerprint density at radius 1 is 1.03 bits per heavy atom. The Morgan fingerprint density at radius 3 is 2.48 bits per heavy atom. The van der Waals surface area contributed by atoms with Crippen molar-refractivity contribution in [2.75, 3.05) is 13.1 Å². The normalized spacial score (nSPS) is 12.9. The van der Waals surface area contributed by atoms with Gasteiger partial charge in [0.2, 0.25) is 17.7 Å². The molecule has 146 valence electrons. The second-order valence-corrected chi connectivity index (χ2v) is 6.40. The molecule has 1 aliphatic rings. The van der Waals surface area contributed by atoms with Gasteiger partial charge in [-0.05, 0) is 24.3 Å². The molecule has 9 nitrogen and oxygen atoms in total. The van der Waals surface area contributed by atoms with E-state index >= 15 is 0 Å². The van der Waals surface area contributed by atoms with Crippen LogP contribution >= 0.6 is 0 Å². The highest BCUT2D eigenvalue weighted by Crippen LogP contribution is 2.22. The summed E-state index contributed by atoms with van der Waals surface area (Å²) in [6, 6.07) is 10.2. The van der Waals surface area contributed by atoms with Gasteiger partial charge in [0.25, 0.3) is 11.8 Å². The van der Waals surface area contributed by atoms with Crippen LogP contribution in [0.2, 0.25) is 0 Å². The number of rotatable bonds is 7. The molecule has 1 aromatic carbocycles. The number of amides is 3. The van der Waals surface area contributed by atoms with Crippen LogP contribution in [0.4, 0.5) is 0 Å². The first-order chi connectivity index (χ1) is 14.1. The first-order valence-electron chi connectivity index (χ1n) is 9.08. The number of aromatic nitrogens is 3. The molecule has 4 rings (SSSR count). The number of fused-ring (bicyclic) bond motifs is 1. The van der Waals surface area contributed by atoms with Gasteiger partial charge in [-0.2, -0.15) is 0 Å². The first kappa shape index (κ1) is 18.5. The van der Waals surface area contributed by atoms with E-state index in [1.807, 2.05) is 6.07 Å². The highest BCUT2D eigenvalue weighted by Gasteiger charge is 2.34. The lowest BCUT2D eigenvalue weighted by atomic mass is 10.1. The zero-order valence-corrected chi connectivity index (χ0v) is 15.4. The third-order valence-electron chi connectivity index (χ3n) is 4.48. The fourth-order valence-corrected chi connectivity index (χ4v) is 3.01. The Morgan fingerprint density at radius 2 is 1.79 bits per heavy atom. The summed E-state index contributed by atoms with van der Waals surface area (Å²) in [6.45, 7) is 0.333. The van der Waals surface area contributed by atoms with E-state index < -0.39 is 0 Å². The zero-order valence-electron chi connectivity index (χ0n) is 15.4. The average molecular weight is 391 g/mol. The van der Waals surface area contributed by atoms with Gasteiger partial charge in [0, 0.05) is 38.3 Å². The van der Waals surface area contributed by atoms with Crippen molar-refractivity contribution >= 4 is 17.7 Å². The van der Waals surface area contributed by atoms with Crippen molar-refractivity contribution in [1.29, 1.82) is 0 Å². The molecule has 3 aromatic rings. The third-order valence-corrected chi connectivity index (χ3v) is 4.48. The first-order valence-corrected chi connectivity index (χ1v) is 9.08. The molecule has 0 unspecified atom stereocenters. The van der Waals surface area contributed by atoms with E-state index in [1.54, 1.807) is 42.7 Å². The number of hydrogen-bond donors (Lipinski definition) is 1. The number of carbonyl (C=O) groups is 3. The van der Waals surface area contributed by atoms with Crippen LogP contribution in [0, 0.1) is 0 Å². The fourth-order valence-electron chi connectivity index (χ4n) is 3.01. The lowest BCUT2D eigenvalue weighted by Crippen LogP contribution is -2.35. The Hall–Kier alpha value is -3.88. The van der Waals surface area contributed by atoms with E-state index in [4.69, 9.17) is 4.42 Å². The topological polar surface area (TPSA) is 118 Å².